The van der Waals surface area contributed by atoms with Crippen molar-refractivity contribution in [1.82, 2.24) is 15.0 Å². The Kier molecular flexibility index (Phi) is 17.6. The van der Waals surface area contributed by atoms with Crippen molar-refractivity contribution in [2.24, 2.45) is 0 Å². The molecule has 11 nitrogen and oxygen atoms in total. The average Bonchev–Trinajstić information content (AvgIpc) is 4.06. The van der Waals surface area contributed by atoms with Crippen molar-refractivity contribution in [3.63, 3.8) is 0 Å². The summed E-state index contributed by atoms with van der Waals surface area (Å²) in [5.74, 6) is 2.29. The molecule has 0 fully saturated rings. The molecular formula is C47H39Ir2N3O8-2. The average molecular weight is 1160 g/mol. The van der Waals surface area contributed by atoms with E-state index in [0.29, 0.717) is 0 Å². The molecule has 0 aliphatic carbocycles. The first kappa shape index (κ1) is 46.5. The number of ether oxygens (including phenoxy) is 3. The first-order valence-electron chi connectivity index (χ1n) is 18.0. The zero-order valence-electron chi connectivity index (χ0n) is 33.2. The second-order valence-corrected chi connectivity index (χ2v) is 12.6. The summed E-state index contributed by atoms with van der Waals surface area (Å²) in [4.78, 5) is 33.2. The number of pyridine rings is 3. The topological polar surface area (TPSA) is 140 Å². The Bertz CT molecular complexity index is 2430. The number of ketones is 2. The van der Waals surface area contributed by atoms with Gasteiger partial charge in [-0.1, -0.05) is 0 Å². The zero-order valence-corrected chi connectivity index (χ0v) is 38.0. The molecule has 9 aromatic rings. The number of carbonyl (C=O) groups excluding carboxylic acids is 2. The molecule has 60 heavy (non-hydrogen) atoms. The maximum absolute atomic E-state index is 10.0. The number of benzene rings is 3. The van der Waals surface area contributed by atoms with Crippen molar-refractivity contribution in [3.8, 4) is 51.0 Å². The van der Waals surface area contributed by atoms with Crippen molar-refractivity contribution in [1.29, 1.82) is 0 Å². The van der Waals surface area contributed by atoms with E-state index in [-0.39, 0.29) is 58.2 Å². The van der Waals surface area contributed by atoms with E-state index in [1.807, 2.05) is 84.9 Å². The van der Waals surface area contributed by atoms with Crippen molar-refractivity contribution in [3.05, 3.63) is 147 Å². The summed E-state index contributed by atoms with van der Waals surface area (Å²) in [6.45, 7) is 2.81. The predicted molar refractivity (Wildman–Crippen MR) is 222 cm³/mol. The molecule has 3 aromatic carbocycles. The minimum atomic E-state index is -0.0625. The van der Waals surface area contributed by atoms with Crippen LogP contribution in [0.3, 0.4) is 0 Å². The van der Waals surface area contributed by atoms with Gasteiger partial charge in [0, 0.05) is 92.0 Å². The summed E-state index contributed by atoms with van der Waals surface area (Å²) in [5, 5.41) is 3.01. The Labute approximate surface area is 373 Å². The number of hydrogen-bond acceptors (Lipinski definition) is 11. The Morgan fingerprint density at radius 2 is 0.867 bits per heavy atom. The molecule has 0 unspecified atom stereocenters. The standard InChI is InChI=1S/C14H11NO2.2C14H10NO2.C5H8O2.2Ir/c3*1-16-11-4-2-10(3-5-11)14-12-7-9-17-13(12)6-8-15-14;1-4(6)3-5(2)7;;/h2-9H,1H3;2*2,4-9H,1H3;3H2,1-2H3;;/q;2*-1;;;. The largest absolute Gasteiger partial charge is 0.540 e. The van der Waals surface area contributed by atoms with Crippen molar-refractivity contribution in [2.45, 2.75) is 20.3 Å². The fraction of sp³-hybridized carbons (Fsp3) is 0.128. The zero-order chi connectivity index (χ0) is 40.9. The minimum absolute atomic E-state index is 0. The van der Waals surface area contributed by atoms with Crippen LogP contribution < -0.4 is 14.2 Å². The normalized spacial score (nSPS) is 10.0. The second kappa shape index (κ2) is 22.8. The summed E-state index contributed by atoms with van der Waals surface area (Å²) >= 11 is 0. The number of rotatable bonds is 8. The number of methoxy groups -OCH3 is 3. The smallest absolute Gasteiger partial charge is 0.137 e. The molecule has 0 N–H and O–H groups in total. The molecule has 0 atom stereocenters. The minimum Gasteiger partial charge on any atom is -0.540 e. The third kappa shape index (κ3) is 11.9. The van der Waals surface area contributed by atoms with Crippen molar-refractivity contribution >= 4 is 44.5 Å². The Morgan fingerprint density at radius 3 is 1.20 bits per heavy atom. The van der Waals surface area contributed by atoms with Gasteiger partial charge in [0.25, 0.3) is 0 Å². The number of fused-ring (bicyclic) bond motifs is 3. The Hall–Kier alpha value is -6.23. The second-order valence-electron chi connectivity index (χ2n) is 12.6. The molecule has 0 aliphatic heterocycles. The number of aromatic nitrogens is 3. The fourth-order valence-electron chi connectivity index (χ4n) is 5.81. The summed E-state index contributed by atoms with van der Waals surface area (Å²) in [7, 11) is 4.93. The first-order valence-corrected chi connectivity index (χ1v) is 18.0. The van der Waals surface area contributed by atoms with E-state index in [9.17, 15) is 9.59 Å². The number of nitrogens with zero attached hydrogens (tertiary/aromatic N) is 3. The van der Waals surface area contributed by atoms with Crippen LogP contribution in [-0.4, -0.2) is 47.8 Å². The quantitative estimate of drug-likeness (QED) is 0.106. The molecular weight excluding hydrogens is 1120 g/mol. The Balaban J connectivity index is 0.000000181. The van der Waals surface area contributed by atoms with E-state index in [1.54, 1.807) is 70.8 Å². The van der Waals surface area contributed by atoms with Crippen LogP contribution in [-0.2, 0) is 49.8 Å². The van der Waals surface area contributed by atoms with Crippen molar-refractivity contribution < 1.29 is 77.3 Å². The van der Waals surface area contributed by atoms with Gasteiger partial charge in [-0.25, -0.2) is 0 Å². The van der Waals surface area contributed by atoms with E-state index in [2.05, 4.69) is 27.1 Å². The van der Waals surface area contributed by atoms with E-state index in [4.69, 9.17) is 27.5 Å². The van der Waals surface area contributed by atoms with Gasteiger partial charge in [0.05, 0.1) is 52.2 Å². The molecule has 6 aromatic heterocycles. The molecule has 310 valence electrons. The molecule has 0 amide bonds. The van der Waals surface area contributed by atoms with Gasteiger partial charge in [0.1, 0.15) is 34.1 Å². The predicted octanol–water partition coefficient (Wildman–Crippen LogP) is 10.7. The first-order chi connectivity index (χ1) is 28.3. The van der Waals surface area contributed by atoms with Gasteiger partial charge in [0.2, 0.25) is 0 Å². The summed E-state index contributed by atoms with van der Waals surface area (Å²) < 4.78 is 31.4. The molecule has 0 saturated heterocycles. The number of hydrogen-bond donors (Lipinski definition) is 0. The van der Waals surface area contributed by atoms with Gasteiger partial charge >= 0.3 is 0 Å². The molecule has 6 heterocycles. The van der Waals surface area contributed by atoms with Crippen LogP contribution in [0.5, 0.6) is 17.2 Å². The summed E-state index contributed by atoms with van der Waals surface area (Å²) in [6.07, 6.45) is 10.3. The van der Waals surface area contributed by atoms with E-state index < -0.39 is 0 Å². The van der Waals surface area contributed by atoms with Crippen LogP contribution in [0.4, 0.5) is 0 Å². The molecule has 0 bridgehead atoms. The third-order valence-electron chi connectivity index (χ3n) is 8.55. The van der Waals surface area contributed by atoms with E-state index in [0.717, 1.165) is 83.9 Å². The maximum atomic E-state index is 10.0. The molecule has 13 heteroatoms. The van der Waals surface area contributed by atoms with Crippen LogP contribution in [0.15, 0.2) is 148 Å². The van der Waals surface area contributed by atoms with Gasteiger partial charge in [-0.15, -0.1) is 59.7 Å². The van der Waals surface area contributed by atoms with Gasteiger partial charge < -0.3 is 37.4 Å². The van der Waals surface area contributed by atoms with E-state index >= 15 is 0 Å². The summed E-state index contributed by atoms with van der Waals surface area (Å²) in [5.41, 5.74) is 8.11. The number of furan rings is 3. The van der Waals surface area contributed by atoms with Crippen molar-refractivity contribution in [2.75, 3.05) is 21.3 Å². The van der Waals surface area contributed by atoms with Crippen LogP contribution in [0.2, 0.25) is 0 Å². The van der Waals surface area contributed by atoms with Gasteiger partial charge in [-0.05, 0) is 85.9 Å². The SMILES string of the molecule is CC(=O)CC(C)=O.COc1c[c-]c(-c2nccc3occc23)cc1.COc1c[c-]c(-c2nccc3occc23)cc1.COc1ccc(-c2nccc3occc23)cc1.[Ir].[Ir]. The van der Waals surface area contributed by atoms with Gasteiger partial charge in [-0.2, -0.15) is 0 Å². The number of Topliss-reactive ketones (excluding diaryl/α,β-unsaturated/α-hetero) is 2. The molecule has 0 aliphatic rings. The monoisotopic (exact) mass is 1160 g/mol. The van der Waals surface area contributed by atoms with Crippen LogP contribution in [0.25, 0.3) is 66.7 Å². The van der Waals surface area contributed by atoms with Crippen LogP contribution in [0.1, 0.15) is 20.3 Å². The maximum Gasteiger partial charge on any atom is 0.137 e. The van der Waals surface area contributed by atoms with E-state index in [1.165, 1.54) is 13.8 Å². The van der Waals surface area contributed by atoms with Gasteiger partial charge in [-0.3, -0.25) is 14.6 Å². The van der Waals surface area contributed by atoms with Gasteiger partial charge in [0.15, 0.2) is 0 Å². The van der Waals surface area contributed by atoms with Crippen LogP contribution >= 0.6 is 0 Å². The molecule has 9 rings (SSSR count). The summed E-state index contributed by atoms with van der Waals surface area (Å²) in [6, 6.07) is 36.7. The number of carbonyl (C=O) groups is 2. The fourth-order valence-corrected chi connectivity index (χ4v) is 5.81. The Morgan fingerprint density at radius 1 is 0.500 bits per heavy atom. The molecule has 0 saturated carbocycles. The third-order valence-corrected chi connectivity index (χ3v) is 8.55. The molecule has 0 spiro atoms. The van der Waals surface area contributed by atoms with Crippen LogP contribution in [0, 0.1) is 12.1 Å². The molecule has 2 radical (unpaired) electrons.